The summed E-state index contributed by atoms with van der Waals surface area (Å²) in [6.45, 7) is 0.943. The Bertz CT molecular complexity index is 555. The predicted molar refractivity (Wildman–Crippen MR) is 87.4 cm³/mol. The molecular weight excluding hydrogens is 306 g/mol. The molecule has 0 radical (unpaired) electrons. The van der Waals surface area contributed by atoms with Gasteiger partial charge in [0.25, 0.3) is 11.1 Å². The Hall–Kier alpha value is -1.24. The van der Waals surface area contributed by atoms with Gasteiger partial charge >= 0.3 is 0 Å². The van der Waals surface area contributed by atoms with Crippen LogP contribution in [0.3, 0.4) is 0 Å². The topological polar surface area (TPSA) is 46.6 Å². The van der Waals surface area contributed by atoms with E-state index in [1.54, 1.807) is 24.9 Å². The number of thioether (sulfide) groups is 2. The van der Waals surface area contributed by atoms with Gasteiger partial charge in [-0.3, -0.25) is 14.5 Å². The van der Waals surface area contributed by atoms with E-state index in [0.29, 0.717) is 24.5 Å². The van der Waals surface area contributed by atoms with Crippen LogP contribution in [0.4, 0.5) is 4.79 Å². The lowest BCUT2D eigenvalue weighted by Gasteiger charge is -2.11. The van der Waals surface area contributed by atoms with Crippen molar-refractivity contribution < 1.29 is 14.3 Å². The zero-order valence-corrected chi connectivity index (χ0v) is 13.6. The highest BCUT2D eigenvalue weighted by molar-refractivity contribution is 8.18. The van der Waals surface area contributed by atoms with Crippen molar-refractivity contribution in [2.24, 2.45) is 0 Å². The van der Waals surface area contributed by atoms with E-state index in [4.69, 9.17) is 4.74 Å². The minimum Gasteiger partial charge on any atom is -0.385 e. The number of benzene rings is 1. The molecular formula is C15H17NO3S2. The second kappa shape index (κ2) is 7.68. The second-order valence-electron chi connectivity index (χ2n) is 4.45. The highest BCUT2D eigenvalue weighted by Gasteiger charge is 2.34. The van der Waals surface area contributed by atoms with E-state index >= 15 is 0 Å². The molecule has 0 N–H and O–H groups in total. The van der Waals surface area contributed by atoms with Crippen LogP contribution in [0.1, 0.15) is 12.0 Å². The van der Waals surface area contributed by atoms with E-state index in [9.17, 15) is 9.59 Å². The Morgan fingerprint density at radius 1 is 1.29 bits per heavy atom. The van der Waals surface area contributed by atoms with Crippen LogP contribution in [0.5, 0.6) is 0 Å². The average molecular weight is 323 g/mol. The first kappa shape index (κ1) is 16.1. The van der Waals surface area contributed by atoms with Gasteiger partial charge in [0.2, 0.25) is 0 Å². The molecule has 1 aliphatic rings. The monoisotopic (exact) mass is 323 g/mol. The van der Waals surface area contributed by atoms with Gasteiger partial charge in [-0.15, -0.1) is 11.8 Å². The van der Waals surface area contributed by atoms with Crippen LogP contribution in [-0.2, 0) is 9.53 Å². The normalized spacial score (nSPS) is 17.0. The maximum atomic E-state index is 12.2. The summed E-state index contributed by atoms with van der Waals surface area (Å²) in [5.74, 6) is -0.213. The largest absolute Gasteiger partial charge is 0.385 e. The summed E-state index contributed by atoms with van der Waals surface area (Å²) < 4.78 is 4.94. The van der Waals surface area contributed by atoms with Gasteiger partial charge in [-0.2, -0.15) is 0 Å². The standard InChI is InChI=1S/C15H17NO3S2/c1-19-9-3-8-16-14(17)13(21-15(16)18)10-11-4-6-12(20-2)7-5-11/h4-7,10H,3,8-9H2,1-2H3/b13-10+. The van der Waals surface area contributed by atoms with Gasteiger partial charge in [0.1, 0.15) is 0 Å². The fourth-order valence-electron chi connectivity index (χ4n) is 1.91. The molecule has 1 fully saturated rings. The molecule has 1 aromatic rings. The van der Waals surface area contributed by atoms with E-state index in [2.05, 4.69) is 0 Å². The molecule has 112 valence electrons. The summed E-state index contributed by atoms with van der Waals surface area (Å²) in [6.07, 6.45) is 4.44. The van der Waals surface area contributed by atoms with Crippen LogP contribution in [0.15, 0.2) is 34.1 Å². The van der Waals surface area contributed by atoms with Gasteiger partial charge in [0, 0.05) is 25.2 Å². The van der Waals surface area contributed by atoms with Crippen molar-refractivity contribution in [1.82, 2.24) is 4.90 Å². The summed E-state index contributed by atoms with van der Waals surface area (Å²) in [5, 5.41) is -0.205. The van der Waals surface area contributed by atoms with Gasteiger partial charge in [-0.1, -0.05) is 12.1 Å². The van der Waals surface area contributed by atoms with Crippen molar-refractivity contribution in [2.45, 2.75) is 11.3 Å². The Labute approximate surface area is 132 Å². The molecule has 4 nitrogen and oxygen atoms in total. The van der Waals surface area contributed by atoms with Gasteiger partial charge in [-0.05, 0) is 48.2 Å². The highest BCUT2D eigenvalue weighted by Crippen LogP contribution is 2.32. The maximum absolute atomic E-state index is 12.2. The van der Waals surface area contributed by atoms with Crippen molar-refractivity contribution in [3.8, 4) is 0 Å². The number of nitrogens with zero attached hydrogens (tertiary/aromatic N) is 1. The molecule has 0 bridgehead atoms. The lowest BCUT2D eigenvalue weighted by Crippen LogP contribution is -2.29. The van der Waals surface area contributed by atoms with Crippen LogP contribution in [0, 0.1) is 0 Å². The number of imide groups is 1. The molecule has 0 aromatic heterocycles. The van der Waals surface area contributed by atoms with Crippen LogP contribution < -0.4 is 0 Å². The first-order valence-corrected chi connectivity index (χ1v) is 8.58. The van der Waals surface area contributed by atoms with E-state index in [0.717, 1.165) is 17.3 Å². The van der Waals surface area contributed by atoms with Gasteiger partial charge in [-0.25, -0.2) is 0 Å². The molecule has 1 aromatic carbocycles. The third-order valence-corrected chi connectivity index (χ3v) is 4.67. The summed E-state index contributed by atoms with van der Waals surface area (Å²) in [6, 6.07) is 7.90. The van der Waals surface area contributed by atoms with Crippen LogP contribution in [0.2, 0.25) is 0 Å². The SMILES string of the molecule is COCCCN1C(=O)S/C(=C/c2ccc(SC)cc2)C1=O. The maximum Gasteiger partial charge on any atom is 0.293 e. The number of carbonyl (C=O) groups excluding carboxylic acids is 2. The van der Waals surface area contributed by atoms with Crippen molar-refractivity contribution in [3.05, 3.63) is 34.7 Å². The van der Waals surface area contributed by atoms with Crippen LogP contribution >= 0.6 is 23.5 Å². The number of hydrogen-bond acceptors (Lipinski definition) is 5. The molecule has 2 rings (SSSR count). The molecule has 6 heteroatoms. The molecule has 0 unspecified atom stereocenters. The minimum absolute atomic E-state index is 0.205. The third kappa shape index (κ3) is 4.12. The first-order chi connectivity index (χ1) is 10.2. The van der Waals surface area contributed by atoms with Crippen molar-refractivity contribution >= 4 is 40.7 Å². The number of carbonyl (C=O) groups is 2. The summed E-state index contributed by atoms with van der Waals surface area (Å²) in [5.41, 5.74) is 0.926. The van der Waals surface area contributed by atoms with E-state index in [1.807, 2.05) is 30.5 Å². The minimum atomic E-state index is -0.213. The van der Waals surface area contributed by atoms with Gasteiger partial charge in [0.05, 0.1) is 4.91 Å². The van der Waals surface area contributed by atoms with E-state index in [1.165, 1.54) is 9.80 Å². The zero-order chi connectivity index (χ0) is 15.2. The Balaban J connectivity index is 2.08. The summed E-state index contributed by atoms with van der Waals surface area (Å²) >= 11 is 2.66. The highest BCUT2D eigenvalue weighted by atomic mass is 32.2. The number of methoxy groups -OCH3 is 1. The van der Waals surface area contributed by atoms with E-state index in [-0.39, 0.29) is 11.1 Å². The molecule has 0 spiro atoms. The number of ether oxygens (including phenoxy) is 1. The second-order valence-corrected chi connectivity index (χ2v) is 6.33. The zero-order valence-electron chi connectivity index (χ0n) is 12.0. The number of hydrogen-bond donors (Lipinski definition) is 0. The van der Waals surface area contributed by atoms with Crippen LogP contribution in [0.25, 0.3) is 6.08 Å². The van der Waals surface area contributed by atoms with Crippen LogP contribution in [-0.4, -0.2) is 42.6 Å². The molecule has 0 atom stereocenters. The molecule has 0 aliphatic carbocycles. The third-order valence-electron chi connectivity index (χ3n) is 3.02. The number of amides is 2. The first-order valence-electron chi connectivity index (χ1n) is 6.54. The Morgan fingerprint density at radius 2 is 2.00 bits per heavy atom. The van der Waals surface area contributed by atoms with Crippen molar-refractivity contribution in [3.63, 3.8) is 0 Å². The lowest BCUT2D eigenvalue weighted by molar-refractivity contribution is -0.122. The quantitative estimate of drug-likeness (QED) is 0.456. The van der Waals surface area contributed by atoms with Gasteiger partial charge in [0.15, 0.2) is 0 Å². The van der Waals surface area contributed by atoms with E-state index < -0.39 is 0 Å². The predicted octanol–water partition coefficient (Wildman–Crippen LogP) is 3.48. The fourth-order valence-corrected chi connectivity index (χ4v) is 3.18. The fraction of sp³-hybridized carbons (Fsp3) is 0.333. The molecule has 1 aliphatic heterocycles. The van der Waals surface area contributed by atoms with Gasteiger partial charge < -0.3 is 4.74 Å². The molecule has 2 amide bonds. The van der Waals surface area contributed by atoms with Crippen molar-refractivity contribution in [1.29, 1.82) is 0 Å². The Kier molecular flexibility index (Phi) is 5.90. The molecule has 1 heterocycles. The van der Waals surface area contributed by atoms with Crippen molar-refractivity contribution in [2.75, 3.05) is 26.5 Å². The molecule has 21 heavy (non-hydrogen) atoms. The lowest BCUT2D eigenvalue weighted by atomic mass is 10.2. The summed E-state index contributed by atoms with van der Waals surface area (Å²) in [4.78, 5) is 27.0. The smallest absolute Gasteiger partial charge is 0.293 e. The average Bonchev–Trinajstić information content (AvgIpc) is 2.75. The molecule has 1 saturated heterocycles. The summed E-state index contributed by atoms with van der Waals surface area (Å²) in [7, 11) is 1.60. The molecule has 0 saturated carbocycles. The number of rotatable bonds is 6. The Morgan fingerprint density at radius 3 is 2.62 bits per heavy atom.